The van der Waals surface area contributed by atoms with Gasteiger partial charge in [-0.25, -0.2) is 4.98 Å². The van der Waals surface area contributed by atoms with Crippen LogP contribution in [0.2, 0.25) is 5.02 Å². The van der Waals surface area contributed by atoms with Crippen molar-refractivity contribution in [3.63, 3.8) is 0 Å². The molecule has 3 aromatic rings. The van der Waals surface area contributed by atoms with Gasteiger partial charge in [0.2, 0.25) is 0 Å². The summed E-state index contributed by atoms with van der Waals surface area (Å²) in [6.07, 6.45) is 0. The molecule has 0 radical (unpaired) electrons. The summed E-state index contributed by atoms with van der Waals surface area (Å²) in [7, 11) is 0. The first kappa shape index (κ1) is 12.8. The number of nitrogen functional groups attached to an aromatic ring is 1. The van der Waals surface area contributed by atoms with Crippen LogP contribution in [0.1, 0.15) is 5.56 Å². The highest BCUT2D eigenvalue weighted by atomic mass is 35.5. The number of aromatic nitrogens is 1. The Morgan fingerprint density at radius 1 is 1.21 bits per heavy atom. The number of anilines is 1. The highest BCUT2D eigenvalue weighted by molar-refractivity contribution is 8.00. The molecule has 0 atom stereocenters. The molecular weight excluding hydrogens is 296 g/mol. The van der Waals surface area contributed by atoms with Crippen LogP contribution < -0.4 is 5.73 Å². The summed E-state index contributed by atoms with van der Waals surface area (Å²) >= 11 is 9.35. The average molecular weight is 307 g/mol. The van der Waals surface area contributed by atoms with Gasteiger partial charge in [0.25, 0.3) is 0 Å². The highest BCUT2D eigenvalue weighted by Gasteiger charge is 2.05. The van der Waals surface area contributed by atoms with E-state index in [0.717, 1.165) is 21.2 Å². The number of benzene rings is 2. The molecule has 96 valence electrons. The number of hydrogen-bond acceptors (Lipinski definition) is 4. The predicted molar refractivity (Wildman–Crippen MR) is 85.0 cm³/mol. The number of rotatable bonds is 3. The van der Waals surface area contributed by atoms with Crippen LogP contribution in [-0.4, -0.2) is 4.98 Å². The lowest BCUT2D eigenvalue weighted by atomic mass is 10.2. The minimum Gasteiger partial charge on any atom is -0.398 e. The van der Waals surface area contributed by atoms with Crippen LogP contribution in [0.15, 0.2) is 46.8 Å². The van der Waals surface area contributed by atoms with Gasteiger partial charge in [-0.15, -0.1) is 11.3 Å². The molecule has 1 aromatic heterocycles. The largest absolute Gasteiger partial charge is 0.398 e. The van der Waals surface area contributed by atoms with Crippen LogP contribution in [0, 0.1) is 0 Å². The Morgan fingerprint density at radius 2 is 2.05 bits per heavy atom. The summed E-state index contributed by atoms with van der Waals surface area (Å²) in [5.41, 5.74) is 8.64. The molecule has 0 amide bonds. The van der Waals surface area contributed by atoms with Gasteiger partial charge in [-0.3, -0.25) is 0 Å². The van der Waals surface area contributed by atoms with E-state index in [1.807, 2.05) is 36.4 Å². The van der Waals surface area contributed by atoms with E-state index in [1.165, 1.54) is 4.70 Å². The van der Waals surface area contributed by atoms with Crippen LogP contribution in [0.5, 0.6) is 0 Å². The van der Waals surface area contributed by atoms with Crippen LogP contribution in [-0.2, 0) is 5.75 Å². The molecule has 3 rings (SSSR count). The van der Waals surface area contributed by atoms with E-state index < -0.39 is 0 Å². The first-order chi connectivity index (χ1) is 9.22. The maximum Gasteiger partial charge on any atom is 0.151 e. The van der Waals surface area contributed by atoms with Gasteiger partial charge >= 0.3 is 0 Å². The fourth-order valence-corrected chi connectivity index (χ4v) is 3.87. The number of halogens is 1. The lowest BCUT2D eigenvalue weighted by molar-refractivity contribution is 1.29. The molecule has 0 aliphatic heterocycles. The standard InChI is InChI=1S/C14H11ClN2S2/c15-10-6-5-9(7-11(10)16)8-18-14-17-12-3-1-2-4-13(12)19-14/h1-7H,8,16H2. The number of nitrogens with zero attached hydrogens (tertiary/aromatic N) is 1. The van der Waals surface area contributed by atoms with E-state index in [9.17, 15) is 0 Å². The summed E-state index contributed by atoms with van der Waals surface area (Å²) in [6.45, 7) is 0. The first-order valence-corrected chi connectivity index (χ1v) is 7.92. The number of thioether (sulfide) groups is 1. The van der Waals surface area contributed by atoms with Crippen LogP contribution >= 0.6 is 34.7 Å². The molecule has 19 heavy (non-hydrogen) atoms. The molecule has 0 bridgehead atoms. The molecule has 0 saturated heterocycles. The summed E-state index contributed by atoms with van der Waals surface area (Å²) in [4.78, 5) is 4.59. The van der Waals surface area contributed by atoms with Crippen molar-refractivity contribution in [1.29, 1.82) is 0 Å². The Morgan fingerprint density at radius 3 is 2.84 bits per heavy atom. The number of fused-ring (bicyclic) bond motifs is 1. The molecule has 2 N–H and O–H groups in total. The molecule has 0 spiro atoms. The molecule has 2 aromatic carbocycles. The maximum atomic E-state index is 5.91. The second-order valence-electron chi connectivity index (χ2n) is 4.09. The minimum absolute atomic E-state index is 0.605. The van der Waals surface area contributed by atoms with Crippen molar-refractivity contribution in [3.8, 4) is 0 Å². The monoisotopic (exact) mass is 306 g/mol. The van der Waals surface area contributed by atoms with Crippen molar-refractivity contribution in [1.82, 2.24) is 4.98 Å². The highest BCUT2D eigenvalue weighted by Crippen LogP contribution is 2.32. The van der Waals surface area contributed by atoms with Gasteiger partial charge in [-0.1, -0.05) is 41.6 Å². The third-order valence-corrected chi connectivity index (χ3v) is 5.29. The Kier molecular flexibility index (Phi) is 3.64. The zero-order valence-electron chi connectivity index (χ0n) is 9.97. The summed E-state index contributed by atoms with van der Waals surface area (Å²) in [6, 6.07) is 13.9. The molecule has 0 aliphatic carbocycles. The van der Waals surface area contributed by atoms with Crippen molar-refractivity contribution in [2.45, 2.75) is 10.1 Å². The zero-order valence-corrected chi connectivity index (χ0v) is 12.4. The van der Waals surface area contributed by atoms with Crippen molar-refractivity contribution in [2.24, 2.45) is 0 Å². The minimum atomic E-state index is 0.605. The topological polar surface area (TPSA) is 38.9 Å². The Hall–Kier alpha value is -1.23. The van der Waals surface area contributed by atoms with E-state index in [4.69, 9.17) is 17.3 Å². The van der Waals surface area contributed by atoms with Gasteiger partial charge in [-0.05, 0) is 29.8 Å². The zero-order chi connectivity index (χ0) is 13.2. The lowest BCUT2D eigenvalue weighted by Crippen LogP contribution is -1.88. The SMILES string of the molecule is Nc1cc(CSc2nc3ccccc3s2)ccc1Cl. The Bertz CT molecular complexity index is 691. The summed E-state index contributed by atoms with van der Waals surface area (Å²) in [5.74, 6) is 0.848. The molecule has 0 unspecified atom stereocenters. The second kappa shape index (κ2) is 5.41. The normalized spacial score (nSPS) is 11.0. The molecule has 1 heterocycles. The molecule has 0 aliphatic rings. The fraction of sp³-hybridized carbons (Fsp3) is 0.0714. The van der Waals surface area contributed by atoms with Crippen LogP contribution in [0.4, 0.5) is 5.69 Å². The Labute approximate surface area is 124 Å². The lowest BCUT2D eigenvalue weighted by Gasteiger charge is -2.02. The molecule has 0 fully saturated rings. The van der Waals surface area contributed by atoms with Gasteiger partial charge in [0.1, 0.15) is 0 Å². The number of para-hydroxylation sites is 1. The van der Waals surface area contributed by atoms with Crippen LogP contribution in [0.25, 0.3) is 10.2 Å². The second-order valence-corrected chi connectivity index (χ2v) is 6.75. The number of nitrogens with two attached hydrogens (primary N) is 1. The summed E-state index contributed by atoms with van der Waals surface area (Å²) in [5, 5.41) is 0.605. The van der Waals surface area contributed by atoms with E-state index in [0.29, 0.717) is 10.7 Å². The van der Waals surface area contributed by atoms with Gasteiger partial charge in [0.05, 0.1) is 20.9 Å². The average Bonchev–Trinajstić information content (AvgIpc) is 2.83. The third kappa shape index (κ3) is 2.86. The number of thiazole rings is 1. The van der Waals surface area contributed by atoms with Crippen molar-refractivity contribution in [2.75, 3.05) is 5.73 Å². The van der Waals surface area contributed by atoms with E-state index >= 15 is 0 Å². The smallest absolute Gasteiger partial charge is 0.151 e. The van der Waals surface area contributed by atoms with E-state index in [2.05, 4.69) is 11.1 Å². The Balaban J connectivity index is 1.76. The van der Waals surface area contributed by atoms with Gasteiger partial charge in [0, 0.05) is 5.75 Å². The van der Waals surface area contributed by atoms with Gasteiger partial charge < -0.3 is 5.73 Å². The summed E-state index contributed by atoms with van der Waals surface area (Å²) < 4.78 is 2.30. The van der Waals surface area contributed by atoms with E-state index in [1.54, 1.807) is 23.1 Å². The van der Waals surface area contributed by atoms with Crippen molar-refractivity contribution >= 4 is 50.6 Å². The maximum absolute atomic E-state index is 5.91. The number of hydrogen-bond donors (Lipinski definition) is 1. The third-order valence-electron chi connectivity index (χ3n) is 2.70. The van der Waals surface area contributed by atoms with Crippen molar-refractivity contribution in [3.05, 3.63) is 53.1 Å². The molecular formula is C14H11ClN2S2. The van der Waals surface area contributed by atoms with Crippen molar-refractivity contribution < 1.29 is 0 Å². The fourth-order valence-electron chi connectivity index (χ4n) is 1.74. The predicted octanol–water partition coefficient (Wildman–Crippen LogP) is 4.82. The van der Waals surface area contributed by atoms with Crippen LogP contribution in [0.3, 0.4) is 0 Å². The van der Waals surface area contributed by atoms with Gasteiger partial charge in [0.15, 0.2) is 4.34 Å². The first-order valence-electron chi connectivity index (χ1n) is 5.74. The molecule has 2 nitrogen and oxygen atoms in total. The van der Waals surface area contributed by atoms with E-state index in [-0.39, 0.29) is 0 Å². The quantitative estimate of drug-likeness (QED) is 0.557. The molecule has 0 saturated carbocycles. The molecule has 5 heteroatoms. The van der Waals surface area contributed by atoms with Gasteiger partial charge in [-0.2, -0.15) is 0 Å².